The quantitative estimate of drug-likeness (QED) is 0.268. The number of nitrogen functional groups attached to an aromatic ring is 1. The van der Waals surface area contributed by atoms with E-state index in [4.69, 9.17) is 14.8 Å². The van der Waals surface area contributed by atoms with Gasteiger partial charge in [-0.25, -0.2) is 0 Å². The number of fused-ring (bicyclic) bond motifs is 1. The predicted octanol–water partition coefficient (Wildman–Crippen LogP) is -2.37. The van der Waals surface area contributed by atoms with Crippen LogP contribution in [0, 0.1) is 0 Å². The predicted molar refractivity (Wildman–Crippen MR) is 69.7 cm³/mol. The van der Waals surface area contributed by atoms with Crippen molar-refractivity contribution in [3.63, 3.8) is 0 Å². The van der Waals surface area contributed by atoms with Crippen LogP contribution in [0.4, 0.5) is 5.69 Å². The molecule has 0 unspecified atom stereocenters. The zero-order chi connectivity index (χ0) is 15.3. The van der Waals surface area contributed by atoms with Crippen molar-refractivity contribution in [3.8, 4) is 5.75 Å². The minimum Gasteiger partial charge on any atom is -0.507 e. The molecule has 0 saturated heterocycles. The first kappa shape index (κ1) is 18.2. The van der Waals surface area contributed by atoms with Gasteiger partial charge in [0.1, 0.15) is 15.5 Å². The van der Waals surface area contributed by atoms with Crippen molar-refractivity contribution in [2.45, 2.75) is 9.79 Å². The van der Waals surface area contributed by atoms with Crippen LogP contribution in [0.1, 0.15) is 0 Å². The number of phenolic OH excluding ortho intramolecular Hbond substituents is 1. The van der Waals surface area contributed by atoms with Gasteiger partial charge in [0, 0.05) is 10.8 Å². The molecule has 0 bridgehead atoms. The first-order valence-electron chi connectivity index (χ1n) is 5.02. The standard InChI is InChI=1S/C10H9NO7S2.Na/c11-10-8(20(16,17)18)4-7(19(13,14)15)5-2-1-3-6(12)9(5)10;/h1-4,12H,11H2,(H,13,14,15)(H,16,17,18);/q;+1. The van der Waals surface area contributed by atoms with E-state index >= 15 is 0 Å². The van der Waals surface area contributed by atoms with Crippen molar-refractivity contribution in [2.75, 3.05) is 5.73 Å². The molecule has 0 saturated carbocycles. The summed E-state index contributed by atoms with van der Waals surface area (Å²) in [4.78, 5) is -1.70. The number of hydrogen-bond acceptors (Lipinski definition) is 6. The zero-order valence-corrected chi connectivity index (χ0v) is 14.3. The van der Waals surface area contributed by atoms with Crippen LogP contribution in [-0.4, -0.2) is 31.0 Å². The molecule has 5 N–H and O–H groups in total. The van der Waals surface area contributed by atoms with Gasteiger partial charge in [0.2, 0.25) is 0 Å². The van der Waals surface area contributed by atoms with Crippen molar-refractivity contribution in [1.82, 2.24) is 0 Å². The summed E-state index contributed by atoms with van der Waals surface area (Å²) in [6.45, 7) is 0. The smallest absolute Gasteiger partial charge is 0.507 e. The minimum atomic E-state index is -4.84. The molecule has 0 aliphatic rings. The Hall–Kier alpha value is -0.880. The Kier molecular flexibility index (Phi) is 4.95. The first-order valence-corrected chi connectivity index (χ1v) is 7.90. The van der Waals surface area contributed by atoms with Gasteiger partial charge in [-0.15, -0.1) is 0 Å². The number of aromatic hydroxyl groups is 1. The summed E-state index contributed by atoms with van der Waals surface area (Å²) in [7, 11) is -9.62. The van der Waals surface area contributed by atoms with Crippen LogP contribution < -0.4 is 35.3 Å². The summed E-state index contributed by atoms with van der Waals surface area (Å²) in [6.07, 6.45) is 0. The van der Waals surface area contributed by atoms with Crippen molar-refractivity contribution in [3.05, 3.63) is 24.3 Å². The molecule has 2 rings (SSSR count). The fourth-order valence-corrected chi connectivity index (χ4v) is 3.29. The molecule has 0 aliphatic carbocycles. The molecule has 2 aromatic carbocycles. The molecule has 0 atom stereocenters. The van der Waals surface area contributed by atoms with Crippen LogP contribution in [0.5, 0.6) is 5.75 Å². The number of benzene rings is 2. The molecular formula is C10H9NNaO7S2+. The largest absolute Gasteiger partial charge is 1.00 e. The number of phenols is 1. The summed E-state index contributed by atoms with van der Waals surface area (Å²) >= 11 is 0. The average molecular weight is 342 g/mol. The van der Waals surface area contributed by atoms with Gasteiger partial charge in [0.25, 0.3) is 20.2 Å². The van der Waals surface area contributed by atoms with Crippen LogP contribution >= 0.6 is 0 Å². The van der Waals surface area contributed by atoms with E-state index < -0.39 is 41.5 Å². The summed E-state index contributed by atoms with van der Waals surface area (Å²) in [5.41, 5.74) is 5.02. The SMILES string of the molecule is Nc1c(S(=O)(=O)O)cc(S(=O)(=O)O)c2cccc(O)c12.[Na+]. The van der Waals surface area contributed by atoms with E-state index in [0.29, 0.717) is 6.07 Å². The molecule has 11 heteroatoms. The molecule has 0 heterocycles. The average Bonchev–Trinajstić information content (AvgIpc) is 2.25. The van der Waals surface area contributed by atoms with Crippen molar-refractivity contribution in [2.24, 2.45) is 0 Å². The molecule has 108 valence electrons. The summed E-state index contributed by atoms with van der Waals surface area (Å²) in [5, 5.41) is 9.23. The van der Waals surface area contributed by atoms with E-state index in [9.17, 15) is 21.9 Å². The van der Waals surface area contributed by atoms with E-state index in [-0.39, 0.29) is 40.3 Å². The van der Waals surface area contributed by atoms with Crippen LogP contribution in [0.25, 0.3) is 10.8 Å². The third kappa shape index (κ3) is 3.31. The number of anilines is 1. The molecule has 0 amide bonds. The fourth-order valence-electron chi connectivity index (χ4n) is 1.85. The van der Waals surface area contributed by atoms with Crippen LogP contribution in [-0.2, 0) is 20.2 Å². The minimum absolute atomic E-state index is 0. The van der Waals surface area contributed by atoms with Gasteiger partial charge in [0.15, 0.2) is 0 Å². The van der Waals surface area contributed by atoms with E-state index in [1.807, 2.05) is 0 Å². The van der Waals surface area contributed by atoms with Gasteiger partial charge in [-0.05, 0) is 12.1 Å². The van der Waals surface area contributed by atoms with E-state index in [0.717, 1.165) is 6.07 Å². The molecule has 0 radical (unpaired) electrons. The number of rotatable bonds is 2. The topological polar surface area (TPSA) is 155 Å². The summed E-state index contributed by atoms with van der Waals surface area (Å²) in [6, 6.07) is 4.20. The number of hydrogen-bond donors (Lipinski definition) is 4. The van der Waals surface area contributed by atoms with Crippen LogP contribution in [0.15, 0.2) is 34.1 Å². The molecule has 0 fully saturated rings. The van der Waals surface area contributed by atoms with Crippen LogP contribution in [0.3, 0.4) is 0 Å². The van der Waals surface area contributed by atoms with Gasteiger partial charge in [-0.3, -0.25) is 9.11 Å². The Labute approximate surface area is 142 Å². The van der Waals surface area contributed by atoms with Gasteiger partial charge in [0.05, 0.1) is 5.69 Å². The Balaban J connectivity index is 0.00000220. The van der Waals surface area contributed by atoms with Gasteiger partial charge in [-0.2, -0.15) is 16.8 Å². The summed E-state index contributed by atoms with van der Waals surface area (Å²) in [5.74, 6) is -0.490. The monoisotopic (exact) mass is 342 g/mol. The van der Waals surface area contributed by atoms with Crippen molar-refractivity contribution >= 4 is 36.7 Å². The molecule has 0 aromatic heterocycles. The summed E-state index contributed by atoms with van der Waals surface area (Å²) < 4.78 is 63.2. The normalized spacial score (nSPS) is 12.1. The first-order chi connectivity index (χ1) is 9.03. The van der Waals surface area contributed by atoms with E-state index in [1.165, 1.54) is 12.1 Å². The fraction of sp³-hybridized carbons (Fsp3) is 0. The zero-order valence-electron chi connectivity index (χ0n) is 10.7. The van der Waals surface area contributed by atoms with E-state index in [1.54, 1.807) is 0 Å². The maximum absolute atomic E-state index is 11.3. The third-order valence-electron chi connectivity index (χ3n) is 2.66. The Bertz CT molecular complexity index is 922. The van der Waals surface area contributed by atoms with Crippen molar-refractivity contribution in [1.29, 1.82) is 0 Å². The molecule has 8 nitrogen and oxygen atoms in total. The molecule has 2 aromatic rings. The number of nitrogens with two attached hydrogens (primary N) is 1. The second-order valence-corrected chi connectivity index (χ2v) is 6.72. The molecular weight excluding hydrogens is 333 g/mol. The van der Waals surface area contributed by atoms with E-state index in [2.05, 4.69) is 0 Å². The molecule has 21 heavy (non-hydrogen) atoms. The Morgan fingerprint density at radius 1 is 0.952 bits per heavy atom. The van der Waals surface area contributed by atoms with Gasteiger partial charge < -0.3 is 10.8 Å². The van der Waals surface area contributed by atoms with Crippen molar-refractivity contribution < 1.29 is 60.6 Å². The van der Waals surface area contributed by atoms with Crippen LogP contribution in [0.2, 0.25) is 0 Å². The molecule has 0 spiro atoms. The maximum Gasteiger partial charge on any atom is 1.00 e. The molecule has 0 aliphatic heterocycles. The maximum atomic E-state index is 11.3. The van der Waals surface area contributed by atoms with Gasteiger partial charge >= 0.3 is 29.6 Å². The Morgan fingerprint density at radius 2 is 1.48 bits per heavy atom. The second-order valence-electron chi connectivity index (χ2n) is 3.94. The second kappa shape index (κ2) is 5.72. The van der Waals surface area contributed by atoms with Gasteiger partial charge in [-0.1, -0.05) is 12.1 Å². The Morgan fingerprint density at radius 3 is 1.95 bits per heavy atom. The third-order valence-corrected chi connectivity index (χ3v) is 4.45.